The molecule has 3 nitrogen and oxygen atoms in total. The van der Waals surface area contributed by atoms with E-state index in [1.165, 1.54) is 50.0 Å². The molecule has 20 heavy (non-hydrogen) atoms. The number of rotatable bonds is 4. The summed E-state index contributed by atoms with van der Waals surface area (Å²) in [7, 11) is 0. The summed E-state index contributed by atoms with van der Waals surface area (Å²) in [4.78, 5) is 7.37. The average Bonchev–Trinajstić information content (AvgIpc) is 2.96. The molecular formula is C17H27N3. The molecule has 1 aliphatic heterocycles. The fourth-order valence-corrected chi connectivity index (χ4v) is 4.12. The van der Waals surface area contributed by atoms with Gasteiger partial charge in [-0.2, -0.15) is 0 Å². The van der Waals surface area contributed by atoms with E-state index in [4.69, 9.17) is 4.98 Å². The van der Waals surface area contributed by atoms with E-state index in [0.29, 0.717) is 6.04 Å². The monoisotopic (exact) mass is 273 g/mol. The predicted octanol–water partition coefficient (Wildman–Crippen LogP) is 3.52. The van der Waals surface area contributed by atoms with E-state index in [2.05, 4.69) is 36.2 Å². The van der Waals surface area contributed by atoms with Gasteiger partial charge in [0.25, 0.3) is 0 Å². The summed E-state index contributed by atoms with van der Waals surface area (Å²) >= 11 is 0. The summed E-state index contributed by atoms with van der Waals surface area (Å²) in [5.74, 6) is 2.14. The Morgan fingerprint density at radius 2 is 2.20 bits per heavy atom. The number of anilines is 1. The summed E-state index contributed by atoms with van der Waals surface area (Å²) < 4.78 is 0. The second-order valence-corrected chi connectivity index (χ2v) is 6.29. The molecule has 3 unspecified atom stereocenters. The van der Waals surface area contributed by atoms with Gasteiger partial charge >= 0.3 is 0 Å². The van der Waals surface area contributed by atoms with Gasteiger partial charge in [0.15, 0.2) is 0 Å². The number of piperidine rings is 1. The third-order valence-electron chi connectivity index (χ3n) is 5.06. The van der Waals surface area contributed by atoms with Crippen LogP contribution in [0.15, 0.2) is 18.3 Å². The molecule has 0 amide bonds. The maximum atomic E-state index is 4.75. The molecule has 110 valence electrons. The molecule has 2 heterocycles. The van der Waals surface area contributed by atoms with Gasteiger partial charge in [-0.1, -0.05) is 19.4 Å². The second-order valence-electron chi connectivity index (χ2n) is 6.29. The van der Waals surface area contributed by atoms with E-state index < -0.39 is 0 Å². The van der Waals surface area contributed by atoms with E-state index in [0.717, 1.165) is 18.5 Å². The molecule has 0 bridgehead atoms. The summed E-state index contributed by atoms with van der Waals surface area (Å²) in [5, 5.41) is 3.53. The third-order valence-corrected chi connectivity index (χ3v) is 5.06. The summed E-state index contributed by atoms with van der Waals surface area (Å²) in [6.07, 6.45) is 8.88. The highest BCUT2D eigenvalue weighted by molar-refractivity contribution is 5.50. The first-order valence-corrected chi connectivity index (χ1v) is 8.26. The lowest BCUT2D eigenvalue weighted by Gasteiger charge is -2.40. The van der Waals surface area contributed by atoms with E-state index in [-0.39, 0.29) is 0 Å². The van der Waals surface area contributed by atoms with Crippen LogP contribution in [0.5, 0.6) is 0 Å². The molecule has 0 aromatic carbocycles. The average molecular weight is 273 g/mol. The molecule has 2 fully saturated rings. The number of nitrogens with zero attached hydrogens (tertiary/aromatic N) is 2. The minimum Gasteiger partial charge on any atom is -0.353 e. The van der Waals surface area contributed by atoms with Gasteiger partial charge in [0.2, 0.25) is 0 Å². The second kappa shape index (κ2) is 6.13. The zero-order valence-electron chi connectivity index (χ0n) is 12.8. The fourth-order valence-electron chi connectivity index (χ4n) is 4.12. The Morgan fingerprint density at radius 1 is 1.35 bits per heavy atom. The van der Waals surface area contributed by atoms with Crippen molar-refractivity contribution in [3.63, 3.8) is 0 Å². The molecule has 1 saturated heterocycles. The number of nitrogens with one attached hydrogen (secondary N) is 1. The Balaban J connectivity index is 1.89. The largest absolute Gasteiger partial charge is 0.353 e. The van der Waals surface area contributed by atoms with Gasteiger partial charge in [-0.25, -0.2) is 4.98 Å². The minimum absolute atomic E-state index is 0.380. The molecule has 3 heteroatoms. The van der Waals surface area contributed by atoms with Gasteiger partial charge in [0.05, 0.1) is 0 Å². The van der Waals surface area contributed by atoms with Crippen LogP contribution >= 0.6 is 0 Å². The summed E-state index contributed by atoms with van der Waals surface area (Å²) in [6.45, 7) is 6.60. The molecular weight excluding hydrogens is 246 g/mol. The highest BCUT2D eigenvalue weighted by atomic mass is 15.2. The molecule has 2 aliphatic rings. The maximum Gasteiger partial charge on any atom is 0.133 e. The molecule has 0 radical (unpaired) electrons. The van der Waals surface area contributed by atoms with E-state index in [1.54, 1.807) is 0 Å². The van der Waals surface area contributed by atoms with E-state index in [9.17, 15) is 0 Å². The van der Waals surface area contributed by atoms with Crippen molar-refractivity contribution in [1.29, 1.82) is 0 Å². The van der Waals surface area contributed by atoms with Crippen molar-refractivity contribution in [1.82, 2.24) is 10.3 Å². The number of hydrogen-bond acceptors (Lipinski definition) is 3. The van der Waals surface area contributed by atoms with Crippen LogP contribution in [0.3, 0.4) is 0 Å². The molecule has 0 spiro atoms. The summed E-state index contributed by atoms with van der Waals surface area (Å²) in [5.41, 5.74) is 1.36. The molecule has 1 aromatic heterocycles. The van der Waals surface area contributed by atoms with Gasteiger partial charge in [-0.15, -0.1) is 0 Å². The lowest BCUT2D eigenvalue weighted by atomic mass is 9.91. The quantitative estimate of drug-likeness (QED) is 0.909. The highest BCUT2D eigenvalue weighted by Crippen LogP contribution is 2.40. The first-order chi connectivity index (χ1) is 9.81. The van der Waals surface area contributed by atoms with Crippen molar-refractivity contribution in [3.05, 3.63) is 23.9 Å². The molecule has 1 N–H and O–H groups in total. The van der Waals surface area contributed by atoms with Crippen LogP contribution in [0.4, 0.5) is 5.82 Å². The molecule has 3 rings (SSSR count). The fraction of sp³-hybridized carbons (Fsp3) is 0.706. The van der Waals surface area contributed by atoms with Crippen LogP contribution in [0, 0.1) is 5.92 Å². The lowest BCUT2D eigenvalue weighted by Crippen LogP contribution is -2.44. The molecule has 1 aromatic rings. The minimum atomic E-state index is 0.380. The van der Waals surface area contributed by atoms with Crippen LogP contribution < -0.4 is 10.2 Å². The first-order valence-electron chi connectivity index (χ1n) is 8.26. The number of fused-ring (bicyclic) bond motifs is 1. The van der Waals surface area contributed by atoms with Gasteiger partial charge in [-0.3, -0.25) is 0 Å². The SMILES string of the molecule is CCNC(C)c1cccnc1N1CCCC2CCCC21. The Labute approximate surface area is 122 Å². The zero-order valence-corrected chi connectivity index (χ0v) is 12.8. The van der Waals surface area contributed by atoms with Crippen molar-refractivity contribution in [2.75, 3.05) is 18.0 Å². The van der Waals surface area contributed by atoms with Crippen molar-refractivity contribution >= 4 is 5.82 Å². The van der Waals surface area contributed by atoms with Crippen molar-refractivity contribution < 1.29 is 0 Å². The standard InChI is InChI=1S/C17H27N3/c1-3-18-13(2)15-9-5-11-19-17(15)20-12-6-8-14-7-4-10-16(14)20/h5,9,11,13-14,16,18H,3-4,6-8,10,12H2,1-2H3. The molecule has 1 aliphatic carbocycles. The van der Waals surface area contributed by atoms with Crippen LogP contribution in [0.2, 0.25) is 0 Å². The van der Waals surface area contributed by atoms with E-state index >= 15 is 0 Å². The Morgan fingerprint density at radius 3 is 3.05 bits per heavy atom. The van der Waals surface area contributed by atoms with Crippen LogP contribution in [-0.2, 0) is 0 Å². The van der Waals surface area contributed by atoms with Gasteiger partial charge in [0.1, 0.15) is 5.82 Å². The van der Waals surface area contributed by atoms with Crippen LogP contribution in [-0.4, -0.2) is 24.1 Å². The van der Waals surface area contributed by atoms with Gasteiger partial charge in [-0.05, 0) is 51.1 Å². The van der Waals surface area contributed by atoms with Crippen molar-refractivity contribution in [2.24, 2.45) is 5.92 Å². The Hall–Kier alpha value is -1.09. The van der Waals surface area contributed by atoms with Crippen LogP contribution in [0.25, 0.3) is 0 Å². The highest BCUT2D eigenvalue weighted by Gasteiger charge is 2.36. The molecule has 3 atom stereocenters. The normalized spacial score (nSPS) is 27.4. The van der Waals surface area contributed by atoms with E-state index in [1.807, 2.05) is 6.20 Å². The smallest absolute Gasteiger partial charge is 0.133 e. The third kappa shape index (κ3) is 2.56. The predicted molar refractivity (Wildman–Crippen MR) is 84.0 cm³/mol. The number of pyridine rings is 1. The topological polar surface area (TPSA) is 28.2 Å². The number of hydrogen-bond donors (Lipinski definition) is 1. The Kier molecular flexibility index (Phi) is 4.25. The lowest BCUT2D eigenvalue weighted by molar-refractivity contribution is 0.359. The van der Waals surface area contributed by atoms with Gasteiger partial charge < -0.3 is 10.2 Å². The van der Waals surface area contributed by atoms with Gasteiger partial charge in [0, 0.05) is 30.4 Å². The zero-order chi connectivity index (χ0) is 13.9. The van der Waals surface area contributed by atoms with Crippen molar-refractivity contribution in [3.8, 4) is 0 Å². The number of aromatic nitrogens is 1. The summed E-state index contributed by atoms with van der Waals surface area (Å²) in [6, 6.07) is 5.44. The maximum absolute atomic E-state index is 4.75. The van der Waals surface area contributed by atoms with Crippen molar-refractivity contribution in [2.45, 2.75) is 58.0 Å². The Bertz CT molecular complexity index is 446. The molecule has 1 saturated carbocycles. The first kappa shape index (κ1) is 13.9. The van der Waals surface area contributed by atoms with Crippen LogP contribution in [0.1, 0.15) is 57.6 Å².